The van der Waals surface area contributed by atoms with Gasteiger partial charge in [-0.2, -0.15) is 0 Å². The molecule has 0 aliphatic carbocycles. The van der Waals surface area contributed by atoms with Crippen LogP contribution in [-0.4, -0.2) is 19.3 Å². The molecule has 1 unspecified atom stereocenters. The third kappa shape index (κ3) is 2.83. The number of ether oxygens (including phenoxy) is 1. The molecule has 1 aromatic rings. The van der Waals surface area contributed by atoms with E-state index in [2.05, 4.69) is 11.4 Å². The fourth-order valence-corrected chi connectivity index (χ4v) is 2.03. The van der Waals surface area contributed by atoms with Crippen LogP contribution >= 0.6 is 0 Å². The Kier molecular flexibility index (Phi) is 3.44. The van der Waals surface area contributed by atoms with Crippen molar-refractivity contribution in [3.8, 4) is 0 Å². The van der Waals surface area contributed by atoms with Gasteiger partial charge in [-0.3, -0.25) is 0 Å². The molecule has 1 aromatic heterocycles. The standard InChI is InChI=1S/C12H19NO2/c1-9-6-11(10(2)15-9)7-13-8-12-4-3-5-14-12/h6,12-13H,3-5,7-8H2,1-2H3. The number of hydrogen-bond donors (Lipinski definition) is 1. The maximum absolute atomic E-state index is 5.54. The molecular formula is C12H19NO2. The molecule has 1 N–H and O–H groups in total. The monoisotopic (exact) mass is 209 g/mol. The molecule has 3 heteroatoms. The van der Waals surface area contributed by atoms with E-state index in [1.165, 1.54) is 18.4 Å². The average molecular weight is 209 g/mol. The van der Waals surface area contributed by atoms with Gasteiger partial charge in [0.2, 0.25) is 0 Å². The summed E-state index contributed by atoms with van der Waals surface area (Å²) in [5.74, 6) is 2.01. The molecule has 2 heterocycles. The first-order chi connectivity index (χ1) is 7.25. The van der Waals surface area contributed by atoms with Crippen LogP contribution in [0.5, 0.6) is 0 Å². The molecule has 0 spiro atoms. The topological polar surface area (TPSA) is 34.4 Å². The summed E-state index contributed by atoms with van der Waals surface area (Å²) >= 11 is 0. The van der Waals surface area contributed by atoms with Crippen molar-refractivity contribution in [1.82, 2.24) is 5.32 Å². The summed E-state index contributed by atoms with van der Waals surface area (Å²) in [7, 11) is 0. The Morgan fingerprint density at radius 3 is 2.93 bits per heavy atom. The smallest absolute Gasteiger partial charge is 0.105 e. The molecule has 0 saturated carbocycles. The first kappa shape index (κ1) is 10.7. The summed E-state index contributed by atoms with van der Waals surface area (Å²) in [6, 6.07) is 2.10. The van der Waals surface area contributed by atoms with E-state index in [0.717, 1.165) is 31.2 Å². The lowest BCUT2D eigenvalue weighted by Gasteiger charge is -2.09. The van der Waals surface area contributed by atoms with Crippen molar-refractivity contribution in [2.75, 3.05) is 13.2 Å². The first-order valence-electron chi connectivity index (χ1n) is 5.64. The molecule has 1 saturated heterocycles. The number of rotatable bonds is 4. The second-order valence-electron chi connectivity index (χ2n) is 4.20. The molecule has 0 aromatic carbocycles. The third-order valence-corrected chi connectivity index (χ3v) is 2.86. The summed E-state index contributed by atoms with van der Waals surface area (Å²) in [5, 5.41) is 3.41. The highest BCUT2D eigenvalue weighted by Gasteiger charge is 2.14. The van der Waals surface area contributed by atoms with Crippen LogP contribution in [0.1, 0.15) is 29.9 Å². The van der Waals surface area contributed by atoms with Gasteiger partial charge in [0.15, 0.2) is 0 Å². The molecule has 84 valence electrons. The molecule has 1 aliphatic rings. The second-order valence-corrected chi connectivity index (χ2v) is 4.20. The van der Waals surface area contributed by atoms with Gasteiger partial charge in [0.1, 0.15) is 11.5 Å². The van der Waals surface area contributed by atoms with E-state index in [9.17, 15) is 0 Å². The largest absolute Gasteiger partial charge is 0.466 e. The quantitative estimate of drug-likeness (QED) is 0.825. The normalized spacial score (nSPS) is 21.1. The van der Waals surface area contributed by atoms with Gasteiger partial charge in [-0.1, -0.05) is 0 Å². The van der Waals surface area contributed by atoms with Gasteiger partial charge in [0.25, 0.3) is 0 Å². The predicted octanol–water partition coefficient (Wildman–Crippen LogP) is 2.17. The summed E-state index contributed by atoms with van der Waals surface area (Å²) in [4.78, 5) is 0. The lowest BCUT2D eigenvalue weighted by atomic mass is 10.2. The Morgan fingerprint density at radius 2 is 2.33 bits per heavy atom. The van der Waals surface area contributed by atoms with Crippen molar-refractivity contribution in [2.45, 2.75) is 39.3 Å². The van der Waals surface area contributed by atoms with Gasteiger partial charge < -0.3 is 14.5 Å². The molecule has 1 aliphatic heterocycles. The average Bonchev–Trinajstić information content (AvgIpc) is 2.77. The van der Waals surface area contributed by atoms with Gasteiger partial charge in [0, 0.05) is 25.3 Å². The van der Waals surface area contributed by atoms with E-state index in [-0.39, 0.29) is 0 Å². The SMILES string of the molecule is Cc1cc(CNCC2CCCO2)c(C)o1. The van der Waals surface area contributed by atoms with E-state index in [4.69, 9.17) is 9.15 Å². The van der Waals surface area contributed by atoms with Crippen molar-refractivity contribution in [3.05, 3.63) is 23.2 Å². The summed E-state index contributed by atoms with van der Waals surface area (Å²) in [6.07, 6.45) is 2.81. The van der Waals surface area contributed by atoms with Crippen LogP contribution in [0.4, 0.5) is 0 Å². The van der Waals surface area contributed by atoms with Crippen LogP contribution in [0.2, 0.25) is 0 Å². The van der Waals surface area contributed by atoms with E-state index in [0.29, 0.717) is 6.10 Å². The summed E-state index contributed by atoms with van der Waals surface area (Å²) < 4.78 is 11.0. The molecule has 1 fully saturated rings. The Labute approximate surface area is 90.8 Å². The van der Waals surface area contributed by atoms with Crippen molar-refractivity contribution >= 4 is 0 Å². The maximum Gasteiger partial charge on any atom is 0.105 e. The maximum atomic E-state index is 5.54. The van der Waals surface area contributed by atoms with Gasteiger partial charge in [-0.15, -0.1) is 0 Å². The number of nitrogens with one attached hydrogen (secondary N) is 1. The number of furan rings is 1. The molecular weight excluding hydrogens is 190 g/mol. The van der Waals surface area contributed by atoms with Crippen LogP contribution < -0.4 is 5.32 Å². The zero-order chi connectivity index (χ0) is 10.7. The van der Waals surface area contributed by atoms with Gasteiger partial charge in [-0.05, 0) is 32.8 Å². The third-order valence-electron chi connectivity index (χ3n) is 2.86. The van der Waals surface area contributed by atoms with Gasteiger partial charge in [-0.25, -0.2) is 0 Å². The minimum absolute atomic E-state index is 0.415. The first-order valence-corrected chi connectivity index (χ1v) is 5.64. The molecule has 3 nitrogen and oxygen atoms in total. The summed E-state index contributed by atoms with van der Waals surface area (Å²) in [6.45, 7) is 6.75. The van der Waals surface area contributed by atoms with Crippen LogP contribution in [0, 0.1) is 13.8 Å². The zero-order valence-electron chi connectivity index (χ0n) is 9.51. The minimum Gasteiger partial charge on any atom is -0.466 e. The number of aryl methyl sites for hydroxylation is 2. The lowest BCUT2D eigenvalue weighted by molar-refractivity contribution is 0.110. The zero-order valence-corrected chi connectivity index (χ0v) is 9.51. The van der Waals surface area contributed by atoms with Gasteiger partial charge in [0.05, 0.1) is 6.10 Å². The number of hydrogen-bond acceptors (Lipinski definition) is 3. The molecule has 0 radical (unpaired) electrons. The van der Waals surface area contributed by atoms with Gasteiger partial charge >= 0.3 is 0 Å². The Hall–Kier alpha value is -0.800. The minimum atomic E-state index is 0.415. The van der Waals surface area contributed by atoms with Crippen LogP contribution in [0.15, 0.2) is 10.5 Å². The highest BCUT2D eigenvalue weighted by molar-refractivity contribution is 5.19. The van der Waals surface area contributed by atoms with E-state index in [1.54, 1.807) is 0 Å². The molecule has 0 bridgehead atoms. The van der Waals surface area contributed by atoms with E-state index < -0.39 is 0 Å². The lowest BCUT2D eigenvalue weighted by Crippen LogP contribution is -2.25. The Bertz CT molecular complexity index is 313. The summed E-state index contributed by atoms with van der Waals surface area (Å²) in [5.41, 5.74) is 1.26. The van der Waals surface area contributed by atoms with Crippen molar-refractivity contribution in [2.24, 2.45) is 0 Å². The Balaban J connectivity index is 1.75. The predicted molar refractivity (Wildman–Crippen MR) is 58.9 cm³/mol. The second kappa shape index (κ2) is 4.81. The van der Waals surface area contributed by atoms with Crippen LogP contribution in [0.25, 0.3) is 0 Å². The fraction of sp³-hybridized carbons (Fsp3) is 0.667. The molecule has 15 heavy (non-hydrogen) atoms. The van der Waals surface area contributed by atoms with E-state index in [1.807, 2.05) is 13.8 Å². The molecule has 0 amide bonds. The van der Waals surface area contributed by atoms with Crippen molar-refractivity contribution in [1.29, 1.82) is 0 Å². The molecule has 2 rings (SSSR count). The van der Waals surface area contributed by atoms with Crippen molar-refractivity contribution < 1.29 is 9.15 Å². The van der Waals surface area contributed by atoms with Crippen LogP contribution in [0.3, 0.4) is 0 Å². The Morgan fingerprint density at radius 1 is 1.47 bits per heavy atom. The highest BCUT2D eigenvalue weighted by Crippen LogP contribution is 2.14. The van der Waals surface area contributed by atoms with Crippen molar-refractivity contribution in [3.63, 3.8) is 0 Å². The van der Waals surface area contributed by atoms with Crippen LogP contribution in [-0.2, 0) is 11.3 Å². The molecule has 1 atom stereocenters. The van der Waals surface area contributed by atoms with E-state index >= 15 is 0 Å². The fourth-order valence-electron chi connectivity index (χ4n) is 2.03. The highest BCUT2D eigenvalue weighted by atomic mass is 16.5.